The van der Waals surface area contributed by atoms with Crippen LogP contribution < -0.4 is 9.47 Å². The van der Waals surface area contributed by atoms with Crippen molar-refractivity contribution in [2.75, 3.05) is 14.2 Å². The first kappa shape index (κ1) is 20.2. The molecule has 3 nitrogen and oxygen atoms in total. The van der Waals surface area contributed by atoms with Crippen LogP contribution in [-0.2, 0) is 0 Å². The topological polar surface area (TPSA) is 23.4 Å². The quantitative estimate of drug-likeness (QED) is 0.260. The van der Waals surface area contributed by atoms with Crippen LogP contribution in [0.5, 0.6) is 11.5 Å². The Labute approximate surface area is 195 Å². The number of nitrogens with zero attached hydrogens (tertiary/aromatic N) is 1. The Balaban J connectivity index is 1.84. The molecule has 1 aliphatic heterocycles. The van der Waals surface area contributed by atoms with Crippen molar-refractivity contribution in [2.24, 2.45) is 0 Å². The maximum Gasteiger partial charge on any atom is 0.128 e. The van der Waals surface area contributed by atoms with E-state index in [1.54, 1.807) is 14.2 Å². The molecule has 1 unspecified atom stereocenters. The van der Waals surface area contributed by atoms with Gasteiger partial charge in [0.05, 0.1) is 25.8 Å². The zero-order chi connectivity index (χ0) is 21.7. The van der Waals surface area contributed by atoms with Crippen molar-refractivity contribution in [1.29, 1.82) is 0 Å². The molecule has 0 saturated carbocycles. The highest BCUT2D eigenvalue weighted by atomic mass is 79.9. The van der Waals surface area contributed by atoms with E-state index in [-0.39, 0.29) is 5.92 Å². The molecule has 0 fully saturated rings. The SMILES string of the molecule is COc1cc(OC)c2c(c1)-n1c(C)cc(-c3ccc(Cl)cc3)c1C2c1ccc(Br)cc1. The third-order valence-corrected chi connectivity index (χ3v) is 6.71. The summed E-state index contributed by atoms with van der Waals surface area (Å²) >= 11 is 9.73. The van der Waals surface area contributed by atoms with Crippen LogP contribution >= 0.6 is 27.5 Å². The summed E-state index contributed by atoms with van der Waals surface area (Å²) < 4.78 is 14.8. The van der Waals surface area contributed by atoms with E-state index in [2.05, 4.69) is 76.0 Å². The average molecular weight is 495 g/mol. The number of aryl methyl sites for hydroxylation is 1. The van der Waals surface area contributed by atoms with Crippen molar-refractivity contribution < 1.29 is 9.47 Å². The third kappa shape index (κ3) is 3.26. The van der Waals surface area contributed by atoms with Crippen LogP contribution in [0.3, 0.4) is 0 Å². The van der Waals surface area contributed by atoms with Gasteiger partial charge in [0, 0.05) is 44.1 Å². The monoisotopic (exact) mass is 493 g/mol. The summed E-state index contributed by atoms with van der Waals surface area (Å²) in [5, 5.41) is 0.732. The normalized spacial score (nSPS) is 14.3. The molecule has 0 radical (unpaired) electrons. The predicted molar refractivity (Wildman–Crippen MR) is 129 cm³/mol. The molecule has 0 spiro atoms. The maximum absolute atomic E-state index is 6.17. The summed E-state index contributed by atoms with van der Waals surface area (Å²) in [4.78, 5) is 0. The summed E-state index contributed by atoms with van der Waals surface area (Å²) in [6, 6.07) is 22.9. The molecule has 0 N–H and O–H groups in total. The summed E-state index contributed by atoms with van der Waals surface area (Å²) in [6.07, 6.45) is 0. The third-order valence-electron chi connectivity index (χ3n) is 5.93. The van der Waals surface area contributed by atoms with Crippen molar-refractivity contribution in [2.45, 2.75) is 12.8 Å². The molecule has 0 amide bonds. The van der Waals surface area contributed by atoms with Crippen LogP contribution in [0.25, 0.3) is 16.8 Å². The average Bonchev–Trinajstić information content (AvgIpc) is 3.30. The highest BCUT2D eigenvalue weighted by molar-refractivity contribution is 9.10. The van der Waals surface area contributed by atoms with Crippen LogP contribution in [0.4, 0.5) is 0 Å². The van der Waals surface area contributed by atoms with Gasteiger partial charge in [-0.15, -0.1) is 0 Å². The van der Waals surface area contributed by atoms with E-state index < -0.39 is 0 Å². The van der Waals surface area contributed by atoms with Crippen molar-refractivity contribution in [3.63, 3.8) is 0 Å². The molecule has 1 aromatic heterocycles. The summed E-state index contributed by atoms with van der Waals surface area (Å²) in [7, 11) is 3.40. The van der Waals surface area contributed by atoms with Crippen molar-refractivity contribution in [1.82, 2.24) is 4.57 Å². The van der Waals surface area contributed by atoms with Gasteiger partial charge in [0.2, 0.25) is 0 Å². The summed E-state index contributed by atoms with van der Waals surface area (Å²) in [5.41, 5.74) is 8.18. The minimum absolute atomic E-state index is 0.0309. The lowest BCUT2D eigenvalue weighted by atomic mass is 9.86. The van der Waals surface area contributed by atoms with E-state index in [0.717, 1.165) is 43.5 Å². The first-order valence-electron chi connectivity index (χ1n) is 10.0. The Hall–Kier alpha value is -2.69. The molecular weight excluding hydrogens is 474 g/mol. The number of halogens is 2. The zero-order valence-corrected chi connectivity index (χ0v) is 19.8. The van der Waals surface area contributed by atoms with Crippen LogP contribution in [0, 0.1) is 6.92 Å². The first-order chi connectivity index (χ1) is 15.0. The van der Waals surface area contributed by atoms with Gasteiger partial charge in [0.1, 0.15) is 11.5 Å². The van der Waals surface area contributed by atoms with Gasteiger partial charge in [-0.1, -0.05) is 51.8 Å². The van der Waals surface area contributed by atoms with Gasteiger partial charge in [0.25, 0.3) is 0 Å². The Kier molecular flexibility index (Phi) is 5.07. The molecule has 1 atom stereocenters. The largest absolute Gasteiger partial charge is 0.497 e. The van der Waals surface area contributed by atoms with E-state index in [1.165, 1.54) is 16.8 Å². The fraction of sp³-hybridized carbons (Fsp3) is 0.154. The van der Waals surface area contributed by atoms with Crippen LogP contribution in [0.1, 0.15) is 28.4 Å². The van der Waals surface area contributed by atoms with Gasteiger partial charge < -0.3 is 14.0 Å². The molecule has 0 bridgehead atoms. The lowest BCUT2D eigenvalue weighted by Crippen LogP contribution is -2.03. The second-order valence-corrected chi connectivity index (χ2v) is 9.03. The fourth-order valence-corrected chi connectivity index (χ4v) is 4.98. The number of aromatic nitrogens is 1. The van der Waals surface area contributed by atoms with E-state index in [1.807, 2.05) is 18.2 Å². The summed E-state index contributed by atoms with van der Waals surface area (Å²) in [5.74, 6) is 1.63. The molecule has 3 aromatic carbocycles. The van der Waals surface area contributed by atoms with Gasteiger partial charge in [-0.05, 0) is 48.4 Å². The van der Waals surface area contributed by atoms with Crippen molar-refractivity contribution in [3.05, 3.63) is 98.7 Å². The van der Waals surface area contributed by atoms with Gasteiger partial charge in [-0.3, -0.25) is 0 Å². The molecule has 5 rings (SSSR count). The Morgan fingerprint density at radius 2 is 1.61 bits per heavy atom. The van der Waals surface area contributed by atoms with Crippen LogP contribution in [0.15, 0.2) is 71.2 Å². The Morgan fingerprint density at radius 1 is 0.903 bits per heavy atom. The number of fused-ring (bicyclic) bond motifs is 3. The van der Waals surface area contributed by atoms with Gasteiger partial charge in [-0.2, -0.15) is 0 Å². The van der Waals surface area contributed by atoms with E-state index in [0.29, 0.717) is 0 Å². The molecular formula is C26H21BrClNO2. The Morgan fingerprint density at radius 3 is 2.26 bits per heavy atom. The molecule has 31 heavy (non-hydrogen) atoms. The molecule has 156 valence electrons. The number of hydrogen-bond acceptors (Lipinski definition) is 2. The maximum atomic E-state index is 6.17. The number of rotatable bonds is 4. The number of benzene rings is 3. The van der Waals surface area contributed by atoms with Gasteiger partial charge >= 0.3 is 0 Å². The van der Waals surface area contributed by atoms with Gasteiger partial charge in [0.15, 0.2) is 0 Å². The fourth-order valence-electron chi connectivity index (χ4n) is 4.59. The van der Waals surface area contributed by atoms with E-state index >= 15 is 0 Å². The lowest BCUT2D eigenvalue weighted by Gasteiger charge is -2.18. The minimum Gasteiger partial charge on any atom is -0.497 e. The molecule has 1 aliphatic rings. The minimum atomic E-state index is 0.0309. The molecule has 0 saturated heterocycles. The highest BCUT2D eigenvalue weighted by Gasteiger charge is 2.37. The van der Waals surface area contributed by atoms with E-state index in [9.17, 15) is 0 Å². The molecule has 2 heterocycles. The number of ether oxygens (including phenoxy) is 2. The second kappa shape index (κ2) is 7.77. The van der Waals surface area contributed by atoms with Crippen molar-refractivity contribution in [3.8, 4) is 28.3 Å². The first-order valence-corrected chi connectivity index (χ1v) is 11.2. The molecule has 5 heteroatoms. The predicted octanol–water partition coefficient (Wildman–Crippen LogP) is 7.38. The van der Waals surface area contributed by atoms with E-state index in [4.69, 9.17) is 21.1 Å². The summed E-state index contributed by atoms with van der Waals surface area (Å²) in [6.45, 7) is 2.14. The molecule has 0 aliphatic carbocycles. The molecule has 4 aromatic rings. The lowest BCUT2D eigenvalue weighted by molar-refractivity contribution is 0.391. The van der Waals surface area contributed by atoms with Gasteiger partial charge in [-0.25, -0.2) is 0 Å². The zero-order valence-electron chi connectivity index (χ0n) is 17.4. The second-order valence-electron chi connectivity index (χ2n) is 7.67. The highest BCUT2D eigenvalue weighted by Crippen LogP contribution is 2.52. The van der Waals surface area contributed by atoms with Crippen LogP contribution in [0.2, 0.25) is 5.02 Å². The smallest absolute Gasteiger partial charge is 0.128 e. The Bertz CT molecular complexity index is 1280. The van der Waals surface area contributed by atoms with Crippen LogP contribution in [-0.4, -0.2) is 18.8 Å². The standard InChI is InChI=1S/C26H21BrClNO2/c1-15-12-21(16-6-10-19(28)11-7-16)26-24(17-4-8-18(27)9-5-17)25-22(29(15)26)13-20(30-2)14-23(25)31-3/h4-14,24H,1-3H3. The number of methoxy groups -OCH3 is 2. The number of hydrogen-bond donors (Lipinski definition) is 0. The van der Waals surface area contributed by atoms with Crippen molar-refractivity contribution >= 4 is 27.5 Å².